The van der Waals surface area contributed by atoms with Crippen molar-refractivity contribution >= 4 is 28.9 Å². The van der Waals surface area contributed by atoms with Gasteiger partial charge in [0.1, 0.15) is 0 Å². The van der Waals surface area contributed by atoms with Gasteiger partial charge in [0.2, 0.25) is 17.6 Å². The molecule has 0 radical (unpaired) electrons. The Bertz CT molecular complexity index is 999. The first-order valence-corrected chi connectivity index (χ1v) is 8.73. The smallest absolute Gasteiger partial charge is 0.306 e. The van der Waals surface area contributed by atoms with Crippen LogP contribution >= 0.6 is 0 Å². The second-order valence-corrected chi connectivity index (χ2v) is 6.48. The first-order chi connectivity index (χ1) is 13.7. The Kier molecular flexibility index (Phi) is 5.53. The van der Waals surface area contributed by atoms with Gasteiger partial charge >= 0.3 is 5.69 Å². The van der Waals surface area contributed by atoms with Crippen LogP contribution in [0.1, 0.15) is 13.3 Å². The molecule has 1 aliphatic rings. The zero-order valence-corrected chi connectivity index (χ0v) is 15.3. The SMILES string of the molecule is CCN(C(=O)C1CC(=O)N(c2ccc(F)c([N+](=O)[O-])c2)C1)c1ccc(F)c(F)c1. The Labute approximate surface area is 163 Å². The molecule has 29 heavy (non-hydrogen) atoms. The van der Waals surface area contributed by atoms with E-state index in [9.17, 15) is 32.9 Å². The molecule has 2 amide bonds. The monoisotopic (exact) mass is 407 g/mol. The maximum Gasteiger partial charge on any atom is 0.306 e. The predicted molar refractivity (Wildman–Crippen MR) is 97.9 cm³/mol. The molecule has 1 heterocycles. The molecule has 0 bridgehead atoms. The molecule has 0 N–H and O–H groups in total. The summed E-state index contributed by atoms with van der Waals surface area (Å²) in [5.41, 5.74) is -0.518. The molecular formula is C19H16F3N3O4. The second kappa shape index (κ2) is 7.90. The Hall–Kier alpha value is -3.43. The summed E-state index contributed by atoms with van der Waals surface area (Å²) in [6.45, 7) is 1.74. The Morgan fingerprint density at radius 1 is 1.17 bits per heavy atom. The van der Waals surface area contributed by atoms with Crippen molar-refractivity contribution in [1.29, 1.82) is 0 Å². The van der Waals surface area contributed by atoms with E-state index < -0.39 is 45.8 Å². The van der Waals surface area contributed by atoms with Crippen LogP contribution in [-0.2, 0) is 9.59 Å². The number of nitro benzene ring substituents is 1. The zero-order chi connectivity index (χ0) is 21.3. The van der Waals surface area contributed by atoms with Gasteiger partial charge in [-0.2, -0.15) is 4.39 Å². The summed E-state index contributed by atoms with van der Waals surface area (Å²) in [4.78, 5) is 37.7. The molecule has 1 unspecified atom stereocenters. The number of nitro groups is 1. The van der Waals surface area contributed by atoms with Crippen molar-refractivity contribution in [3.8, 4) is 0 Å². The fourth-order valence-corrected chi connectivity index (χ4v) is 3.27. The average Bonchev–Trinajstić information content (AvgIpc) is 3.07. The van der Waals surface area contributed by atoms with Crippen LogP contribution in [-0.4, -0.2) is 29.8 Å². The van der Waals surface area contributed by atoms with E-state index in [0.717, 1.165) is 24.3 Å². The Morgan fingerprint density at radius 3 is 2.48 bits per heavy atom. The Balaban J connectivity index is 1.83. The number of carbonyl (C=O) groups excluding carboxylic acids is 2. The molecule has 1 fully saturated rings. The lowest BCUT2D eigenvalue weighted by Gasteiger charge is -2.24. The molecule has 0 spiro atoms. The van der Waals surface area contributed by atoms with Gasteiger partial charge in [0, 0.05) is 37.3 Å². The van der Waals surface area contributed by atoms with E-state index in [2.05, 4.69) is 0 Å². The van der Waals surface area contributed by atoms with Gasteiger partial charge in [-0.15, -0.1) is 0 Å². The highest BCUT2D eigenvalue weighted by Crippen LogP contribution is 2.31. The third-order valence-corrected chi connectivity index (χ3v) is 4.71. The minimum absolute atomic E-state index is 0.0688. The van der Waals surface area contributed by atoms with Gasteiger partial charge in [-0.3, -0.25) is 19.7 Å². The van der Waals surface area contributed by atoms with Crippen molar-refractivity contribution < 1.29 is 27.7 Å². The van der Waals surface area contributed by atoms with E-state index in [1.165, 1.54) is 21.9 Å². The Morgan fingerprint density at radius 2 is 1.86 bits per heavy atom. The van der Waals surface area contributed by atoms with Crippen LogP contribution in [0.4, 0.5) is 30.2 Å². The molecule has 152 valence electrons. The van der Waals surface area contributed by atoms with Gasteiger partial charge in [-0.1, -0.05) is 0 Å². The van der Waals surface area contributed by atoms with E-state index in [1.54, 1.807) is 6.92 Å². The molecule has 0 aromatic heterocycles. The van der Waals surface area contributed by atoms with Gasteiger partial charge in [0.25, 0.3) is 0 Å². The second-order valence-electron chi connectivity index (χ2n) is 6.48. The van der Waals surface area contributed by atoms with E-state index >= 15 is 0 Å². The van der Waals surface area contributed by atoms with Crippen LogP contribution in [0.15, 0.2) is 36.4 Å². The van der Waals surface area contributed by atoms with Crippen LogP contribution in [0.5, 0.6) is 0 Å². The fourth-order valence-electron chi connectivity index (χ4n) is 3.27. The number of benzene rings is 2. The minimum atomic E-state index is -1.10. The summed E-state index contributed by atoms with van der Waals surface area (Å²) in [5.74, 6) is -4.89. The molecule has 3 rings (SSSR count). The van der Waals surface area contributed by atoms with Gasteiger partial charge < -0.3 is 9.80 Å². The normalized spacial score (nSPS) is 16.2. The van der Waals surface area contributed by atoms with Crippen molar-refractivity contribution in [2.24, 2.45) is 5.92 Å². The zero-order valence-electron chi connectivity index (χ0n) is 15.3. The van der Waals surface area contributed by atoms with Crippen molar-refractivity contribution in [2.45, 2.75) is 13.3 Å². The molecule has 0 aliphatic carbocycles. The molecule has 2 aromatic carbocycles. The molecule has 2 aromatic rings. The van der Waals surface area contributed by atoms with Gasteiger partial charge in [0.15, 0.2) is 11.6 Å². The number of nitrogens with zero attached hydrogens (tertiary/aromatic N) is 3. The van der Waals surface area contributed by atoms with Crippen LogP contribution in [0.2, 0.25) is 0 Å². The molecule has 1 saturated heterocycles. The van der Waals surface area contributed by atoms with Gasteiger partial charge in [-0.05, 0) is 31.2 Å². The van der Waals surface area contributed by atoms with Crippen LogP contribution in [0.25, 0.3) is 0 Å². The minimum Gasteiger partial charge on any atom is -0.312 e. The van der Waals surface area contributed by atoms with E-state index in [-0.39, 0.29) is 30.9 Å². The maximum absolute atomic E-state index is 13.5. The molecule has 1 atom stereocenters. The van der Waals surface area contributed by atoms with Crippen LogP contribution < -0.4 is 9.80 Å². The first kappa shape index (κ1) is 20.3. The van der Waals surface area contributed by atoms with Crippen molar-refractivity contribution in [1.82, 2.24) is 0 Å². The summed E-state index contributed by atoms with van der Waals surface area (Å²) in [5, 5.41) is 10.9. The number of halogens is 3. The molecule has 1 aliphatic heterocycles. The lowest BCUT2D eigenvalue weighted by molar-refractivity contribution is -0.387. The maximum atomic E-state index is 13.5. The number of rotatable bonds is 5. The van der Waals surface area contributed by atoms with Gasteiger partial charge in [0.05, 0.1) is 16.5 Å². The summed E-state index contributed by atoms with van der Waals surface area (Å²) in [6.07, 6.45) is -0.163. The number of amides is 2. The molecule has 7 nitrogen and oxygen atoms in total. The van der Waals surface area contributed by atoms with Crippen LogP contribution in [0, 0.1) is 33.5 Å². The fraction of sp³-hybridized carbons (Fsp3) is 0.263. The highest BCUT2D eigenvalue weighted by molar-refractivity contribution is 6.04. The van der Waals surface area contributed by atoms with Gasteiger partial charge in [-0.25, -0.2) is 8.78 Å². The summed E-state index contributed by atoms with van der Waals surface area (Å²) in [6, 6.07) is 6.11. The van der Waals surface area contributed by atoms with Crippen LogP contribution in [0.3, 0.4) is 0 Å². The molecular weight excluding hydrogens is 391 g/mol. The van der Waals surface area contributed by atoms with Crippen molar-refractivity contribution in [3.63, 3.8) is 0 Å². The number of anilines is 2. The molecule has 0 saturated carbocycles. The third-order valence-electron chi connectivity index (χ3n) is 4.71. The summed E-state index contributed by atoms with van der Waals surface area (Å²) >= 11 is 0. The predicted octanol–water partition coefficient (Wildman–Crippen LogP) is 3.42. The number of hydrogen-bond donors (Lipinski definition) is 0. The van der Waals surface area contributed by atoms with E-state index in [0.29, 0.717) is 0 Å². The number of hydrogen-bond acceptors (Lipinski definition) is 4. The van der Waals surface area contributed by atoms with Crippen molar-refractivity contribution in [3.05, 3.63) is 64.0 Å². The topological polar surface area (TPSA) is 83.8 Å². The standard InChI is InChI=1S/C19H16F3N3O4/c1-2-23(12-3-5-14(20)16(22)8-12)19(27)11-7-18(26)24(10-11)13-4-6-15(21)17(9-13)25(28)29/h3-6,8-9,11H,2,7,10H2,1H3. The summed E-state index contributed by atoms with van der Waals surface area (Å²) in [7, 11) is 0. The van der Waals surface area contributed by atoms with Crippen molar-refractivity contribution in [2.75, 3.05) is 22.9 Å². The quantitative estimate of drug-likeness (QED) is 0.562. The summed E-state index contributed by atoms with van der Waals surface area (Å²) < 4.78 is 40.3. The largest absolute Gasteiger partial charge is 0.312 e. The number of carbonyl (C=O) groups is 2. The van der Waals surface area contributed by atoms with E-state index in [4.69, 9.17) is 0 Å². The average molecular weight is 407 g/mol. The highest BCUT2D eigenvalue weighted by atomic mass is 19.2. The lowest BCUT2D eigenvalue weighted by atomic mass is 10.1. The lowest BCUT2D eigenvalue weighted by Crippen LogP contribution is -2.37. The molecule has 10 heteroatoms. The first-order valence-electron chi connectivity index (χ1n) is 8.73. The third kappa shape index (κ3) is 3.91. The highest BCUT2D eigenvalue weighted by Gasteiger charge is 2.38. The van der Waals surface area contributed by atoms with E-state index in [1.807, 2.05) is 0 Å².